The highest BCUT2D eigenvalue weighted by molar-refractivity contribution is 5.92. The first kappa shape index (κ1) is 18.0. The molecule has 2 aliphatic heterocycles. The van der Waals surface area contributed by atoms with Gasteiger partial charge in [-0.1, -0.05) is 6.07 Å². The normalized spacial score (nSPS) is 29.0. The van der Waals surface area contributed by atoms with Gasteiger partial charge in [-0.15, -0.1) is 0 Å². The van der Waals surface area contributed by atoms with Gasteiger partial charge in [-0.3, -0.25) is 0 Å². The number of carbonyl (C=O) groups is 2. The Morgan fingerprint density at radius 2 is 1.93 bits per heavy atom. The Kier molecular flexibility index (Phi) is 3.70. The lowest BCUT2D eigenvalue weighted by Gasteiger charge is -2.51. The van der Waals surface area contributed by atoms with E-state index in [1.165, 1.54) is 0 Å². The number of aryl methyl sites for hydroxylation is 1. The molecule has 29 heavy (non-hydrogen) atoms. The van der Waals surface area contributed by atoms with E-state index in [1.807, 2.05) is 19.1 Å². The maximum absolute atomic E-state index is 12.8. The van der Waals surface area contributed by atoms with Gasteiger partial charge in [0, 0.05) is 24.1 Å². The first-order valence-corrected chi connectivity index (χ1v) is 9.59. The number of hydrogen-bond donors (Lipinski definition) is 1. The molecule has 7 heteroatoms. The van der Waals surface area contributed by atoms with Gasteiger partial charge in [-0.25, -0.2) is 14.5 Å². The first-order chi connectivity index (χ1) is 13.9. The highest BCUT2D eigenvalue weighted by atomic mass is 16.6. The third-order valence-electron chi connectivity index (χ3n) is 6.36. The zero-order chi connectivity index (χ0) is 20.4. The van der Waals surface area contributed by atoms with Crippen LogP contribution in [0.4, 0.5) is 0 Å². The van der Waals surface area contributed by atoms with Crippen LogP contribution in [0.15, 0.2) is 47.1 Å². The quantitative estimate of drug-likeness (QED) is 0.782. The number of esters is 2. The Bertz CT molecular complexity index is 1040. The minimum atomic E-state index is -1.29. The van der Waals surface area contributed by atoms with Gasteiger partial charge in [0.25, 0.3) is 0 Å². The van der Waals surface area contributed by atoms with Crippen molar-refractivity contribution >= 4 is 11.9 Å². The molecule has 1 aliphatic carbocycles. The van der Waals surface area contributed by atoms with E-state index in [4.69, 9.17) is 13.9 Å². The molecule has 2 atom stereocenters. The van der Waals surface area contributed by atoms with Crippen LogP contribution < -0.4 is 0 Å². The SMILES string of the molecule is Cc1cc2c(cc1O)C1(C3(c4ccco4)CC3)OC(=O)/C=C\C(=O)OC(C2)N1C. The van der Waals surface area contributed by atoms with Gasteiger partial charge in [0.2, 0.25) is 5.72 Å². The number of fused-ring (bicyclic) bond motifs is 4. The molecule has 1 saturated carbocycles. The number of ether oxygens (including phenoxy) is 2. The van der Waals surface area contributed by atoms with E-state index in [-0.39, 0.29) is 5.75 Å². The molecule has 1 fully saturated rings. The summed E-state index contributed by atoms with van der Waals surface area (Å²) >= 11 is 0. The second kappa shape index (κ2) is 5.97. The third kappa shape index (κ3) is 2.40. The monoisotopic (exact) mass is 395 g/mol. The topological polar surface area (TPSA) is 89.2 Å². The molecule has 7 nitrogen and oxygen atoms in total. The molecule has 1 aromatic heterocycles. The average Bonchev–Trinajstić information content (AvgIpc) is 3.30. The van der Waals surface area contributed by atoms with Crippen LogP contribution in [-0.2, 0) is 36.6 Å². The number of phenolic OH excluding ortho intramolecular Hbond substituents is 1. The molecule has 3 heterocycles. The van der Waals surface area contributed by atoms with Crippen molar-refractivity contribution in [2.24, 2.45) is 0 Å². The molecule has 0 saturated heterocycles. The minimum Gasteiger partial charge on any atom is -0.508 e. The van der Waals surface area contributed by atoms with Gasteiger partial charge in [-0.05, 0) is 56.1 Å². The molecule has 5 rings (SSSR count). The fourth-order valence-corrected chi connectivity index (χ4v) is 4.82. The van der Waals surface area contributed by atoms with E-state index in [0.29, 0.717) is 23.3 Å². The van der Waals surface area contributed by atoms with E-state index in [0.717, 1.165) is 30.6 Å². The van der Waals surface area contributed by atoms with Crippen molar-refractivity contribution in [3.8, 4) is 5.75 Å². The maximum Gasteiger partial charge on any atom is 0.333 e. The fraction of sp³-hybridized carbons (Fsp3) is 0.364. The van der Waals surface area contributed by atoms with Crippen molar-refractivity contribution < 1.29 is 28.6 Å². The van der Waals surface area contributed by atoms with Crippen LogP contribution >= 0.6 is 0 Å². The van der Waals surface area contributed by atoms with E-state index < -0.39 is 29.3 Å². The fourth-order valence-electron chi connectivity index (χ4n) is 4.82. The van der Waals surface area contributed by atoms with Crippen molar-refractivity contribution in [3.63, 3.8) is 0 Å². The van der Waals surface area contributed by atoms with Crippen molar-refractivity contribution in [2.45, 2.75) is 43.6 Å². The van der Waals surface area contributed by atoms with Gasteiger partial charge in [0.1, 0.15) is 11.5 Å². The summed E-state index contributed by atoms with van der Waals surface area (Å²) in [4.78, 5) is 26.8. The van der Waals surface area contributed by atoms with Crippen LogP contribution in [0.25, 0.3) is 0 Å². The number of likely N-dealkylation sites (N-methyl/N-ethyl adjacent to an activating group) is 1. The molecule has 2 bridgehead atoms. The molecule has 1 aromatic carbocycles. The van der Waals surface area contributed by atoms with Gasteiger partial charge in [-0.2, -0.15) is 0 Å². The van der Waals surface area contributed by atoms with Crippen molar-refractivity contribution in [2.75, 3.05) is 7.05 Å². The van der Waals surface area contributed by atoms with E-state index in [9.17, 15) is 14.7 Å². The number of benzene rings is 1. The second-order valence-corrected chi connectivity index (χ2v) is 7.96. The van der Waals surface area contributed by atoms with Crippen molar-refractivity contribution in [1.82, 2.24) is 4.90 Å². The lowest BCUT2D eigenvalue weighted by Crippen LogP contribution is -2.62. The predicted octanol–water partition coefficient (Wildman–Crippen LogP) is 2.65. The van der Waals surface area contributed by atoms with E-state index >= 15 is 0 Å². The summed E-state index contributed by atoms with van der Waals surface area (Å²) in [5.74, 6) is -0.441. The summed E-state index contributed by atoms with van der Waals surface area (Å²) in [5, 5.41) is 10.5. The van der Waals surface area contributed by atoms with E-state index in [2.05, 4.69) is 0 Å². The largest absolute Gasteiger partial charge is 0.508 e. The number of hydrogen-bond acceptors (Lipinski definition) is 7. The number of phenols is 1. The molecule has 0 radical (unpaired) electrons. The smallest absolute Gasteiger partial charge is 0.333 e. The van der Waals surface area contributed by atoms with Gasteiger partial charge in [0.15, 0.2) is 6.23 Å². The molecular weight excluding hydrogens is 374 g/mol. The number of carbonyl (C=O) groups excluding carboxylic acids is 2. The Balaban J connectivity index is 1.82. The number of aromatic hydroxyl groups is 1. The first-order valence-electron chi connectivity index (χ1n) is 9.59. The van der Waals surface area contributed by atoms with Crippen molar-refractivity contribution in [1.29, 1.82) is 0 Å². The van der Waals surface area contributed by atoms with Gasteiger partial charge >= 0.3 is 11.9 Å². The van der Waals surface area contributed by atoms with Crippen LogP contribution in [0.3, 0.4) is 0 Å². The Labute approximate surface area is 167 Å². The summed E-state index contributed by atoms with van der Waals surface area (Å²) < 4.78 is 17.6. The lowest BCUT2D eigenvalue weighted by atomic mass is 9.76. The van der Waals surface area contributed by atoms with Crippen LogP contribution in [0.2, 0.25) is 0 Å². The van der Waals surface area contributed by atoms with Gasteiger partial charge < -0.3 is 19.0 Å². The molecule has 0 spiro atoms. The molecule has 0 amide bonds. The van der Waals surface area contributed by atoms with Crippen LogP contribution in [-0.4, -0.2) is 35.2 Å². The highest BCUT2D eigenvalue weighted by Crippen LogP contribution is 2.64. The molecule has 3 aliphatic rings. The molecule has 2 aromatic rings. The Hall–Kier alpha value is -3.06. The lowest BCUT2D eigenvalue weighted by molar-refractivity contribution is -0.231. The van der Waals surface area contributed by atoms with E-state index in [1.54, 1.807) is 30.3 Å². The molecule has 150 valence electrons. The average molecular weight is 395 g/mol. The maximum atomic E-state index is 12.8. The zero-order valence-electron chi connectivity index (χ0n) is 16.2. The summed E-state index contributed by atoms with van der Waals surface area (Å²) in [6.45, 7) is 1.81. The number of rotatable bonds is 2. The minimum absolute atomic E-state index is 0.119. The number of furan rings is 1. The standard InChI is InChI=1S/C22H21NO6/c1-13-10-14-11-18-23(2)22(15(14)12-16(13)24,29-20(26)6-5-19(25)28-18)21(7-8-21)17-4-3-9-27-17/h3-6,9-10,12,18,24H,7-8,11H2,1-2H3/b6-5-. The zero-order valence-corrected chi connectivity index (χ0v) is 16.2. The summed E-state index contributed by atoms with van der Waals surface area (Å²) in [6, 6.07) is 7.20. The van der Waals surface area contributed by atoms with Crippen LogP contribution in [0, 0.1) is 6.92 Å². The molecule has 2 unspecified atom stereocenters. The Morgan fingerprint density at radius 3 is 2.62 bits per heavy atom. The Morgan fingerprint density at radius 1 is 1.17 bits per heavy atom. The second-order valence-electron chi connectivity index (χ2n) is 7.96. The highest BCUT2D eigenvalue weighted by Gasteiger charge is 2.70. The predicted molar refractivity (Wildman–Crippen MR) is 101 cm³/mol. The van der Waals surface area contributed by atoms with Crippen LogP contribution in [0.1, 0.15) is 35.3 Å². The number of nitrogens with zero attached hydrogens (tertiary/aromatic N) is 1. The summed E-state index contributed by atoms with van der Waals surface area (Å²) in [5.41, 5.74) is 0.312. The van der Waals surface area contributed by atoms with Crippen molar-refractivity contribution in [3.05, 3.63) is 65.1 Å². The summed E-state index contributed by atoms with van der Waals surface area (Å²) in [6.07, 6.45) is 4.99. The van der Waals surface area contributed by atoms with Gasteiger partial charge in [0.05, 0.1) is 11.7 Å². The molecular formula is C22H21NO6. The van der Waals surface area contributed by atoms with Crippen LogP contribution in [0.5, 0.6) is 5.75 Å². The summed E-state index contributed by atoms with van der Waals surface area (Å²) in [7, 11) is 1.78. The molecule has 1 N–H and O–H groups in total. The third-order valence-corrected chi connectivity index (χ3v) is 6.36.